The Labute approximate surface area is 178 Å². The Morgan fingerprint density at radius 3 is 2.63 bits per heavy atom. The van der Waals surface area contributed by atoms with Crippen LogP contribution in [-0.4, -0.2) is 35.0 Å². The van der Waals surface area contributed by atoms with E-state index in [-0.39, 0.29) is 16.6 Å². The van der Waals surface area contributed by atoms with Gasteiger partial charge in [0.25, 0.3) is 5.91 Å². The van der Waals surface area contributed by atoms with Crippen LogP contribution in [0.25, 0.3) is 6.08 Å². The quantitative estimate of drug-likeness (QED) is 0.712. The van der Waals surface area contributed by atoms with E-state index in [1.807, 2.05) is 6.07 Å². The lowest BCUT2D eigenvalue weighted by Gasteiger charge is -2.29. The SMILES string of the molecule is CNS(=O)(=O)c1cc(/C=C/C(=O)N2CCCc3cc(C(C)C)ccc32)ccc1OC. The fourth-order valence-corrected chi connectivity index (χ4v) is 4.51. The summed E-state index contributed by atoms with van der Waals surface area (Å²) in [5.74, 6) is 0.570. The second-order valence-electron chi connectivity index (χ2n) is 7.59. The number of nitrogens with one attached hydrogen (secondary N) is 1. The van der Waals surface area contributed by atoms with Crippen LogP contribution in [0.1, 0.15) is 42.9 Å². The summed E-state index contributed by atoms with van der Waals surface area (Å²) in [5, 5.41) is 0. The third-order valence-corrected chi connectivity index (χ3v) is 6.75. The van der Waals surface area contributed by atoms with Crippen molar-refractivity contribution in [3.05, 3.63) is 59.2 Å². The van der Waals surface area contributed by atoms with E-state index in [4.69, 9.17) is 4.74 Å². The maximum absolute atomic E-state index is 12.9. The summed E-state index contributed by atoms with van der Waals surface area (Å²) in [5.41, 5.74) is 4.02. The highest BCUT2D eigenvalue weighted by molar-refractivity contribution is 7.89. The number of carbonyl (C=O) groups is 1. The van der Waals surface area contributed by atoms with Crippen molar-refractivity contribution in [3.8, 4) is 5.75 Å². The van der Waals surface area contributed by atoms with E-state index >= 15 is 0 Å². The van der Waals surface area contributed by atoms with Gasteiger partial charge < -0.3 is 9.64 Å². The molecule has 1 aliphatic rings. The van der Waals surface area contributed by atoms with Gasteiger partial charge in [-0.15, -0.1) is 0 Å². The predicted molar refractivity (Wildman–Crippen MR) is 119 cm³/mol. The first kappa shape index (κ1) is 22.1. The highest BCUT2D eigenvalue weighted by Crippen LogP contribution is 2.31. The molecule has 0 bridgehead atoms. The van der Waals surface area contributed by atoms with Crippen molar-refractivity contribution in [1.29, 1.82) is 0 Å². The topological polar surface area (TPSA) is 75.7 Å². The molecule has 2 aromatic carbocycles. The van der Waals surface area contributed by atoms with Gasteiger partial charge in [0.05, 0.1) is 7.11 Å². The molecule has 0 saturated carbocycles. The lowest BCUT2D eigenvalue weighted by atomic mass is 9.94. The second-order valence-corrected chi connectivity index (χ2v) is 9.44. The number of rotatable bonds is 6. The van der Waals surface area contributed by atoms with Crippen LogP contribution in [0.15, 0.2) is 47.4 Å². The monoisotopic (exact) mass is 428 g/mol. The lowest BCUT2D eigenvalue weighted by molar-refractivity contribution is -0.114. The zero-order chi connectivity index (χ0) is 21.9. The summed E-state index contributed by atoms with van der Waals surface area (Å²) in [6.45, 7) is 4.99. The van der Waals surface area contributed by atoms with E-state index in [9.17, 15) is 13.2 Å². The smallest absolute Gasteiger partial charge is 0.250 e. The molecule has 1 aliphatic heterocycles. The molecule has 0 aliphatic carbocycles. The van der Waals surface area contributed by atoms with Crippen molar-refractivity contribution < 1.29 is 17.9 Å². The average molecular weight is 429 g/mol. The van der Waals surface area contributed by atoms with Gasteiger partial charge in [-0.05, 0) is 66.8 Å². The summed E-state index contributed by atoms with van der Waals surface area (Å²) in [6, 6.07) is 11.1. The van der Waals surface area contributed by atoms with Crippen molar-refractivity contribution in [3.63, 3.8) is 0 Å². The number of aryl methyl sites for hydroxylation is 1. The molecule has 3 rings (SSSR count). The first-order chi connectivity index (χ1) is 14.3. The van der Waals surface area contributed by atoms with Gasteiger partial charge in [-0.3, -0.25) is 4.79 Å². The molecule has 1 N–H and O–H groups in total. The summed E-state index contributed by atoms with van der Waals surface area (Å²) in [7, 11) is -0.913. The minimum atomic E-state index is -3.68. The standard InChI is InChI=1S/C23H28N2O4S/c1-16(2)18-9-10-20-19(15-18)6-5-13-25(20)23(26)12-8-17-7-11-21(29-4)22(14-17)30(27,28)24-3/h7-12,14-16,24H,5-6,13H2,1-4H3/b12-8+. The van der Waals surface area contributed by atoms with E-state index in [0.29, 0.717) is 18.0 Å². The van der Waals surface area contributed by atoms with Crippen molar-refractivity contribution in [2.45, 2.75) is 37.5 Å². The highest BCUT2D eigenvalue weighted by Gasteiger charge is 2.22. The van der Waals surface area contributed by atoms with E-state index in [1.165, 1.54) is 37.4 Å². The second kappa shape index (κ2) is 9.02. The Morgan fingerprint density at radius 2 is 1.97 bits per heavy atom. The molecule has 7 heteroatoms. The Hall–Kier alpha value is -2.64. The molecule has 160 valence electrons. The number of carbonyl (C=O) groups excluding carboxylic acids is 1. The molecule has 0 saturated heterocycles. The lowest BCUT2D eigenvalue weighted by Crippen LogP contribution is -2.34. The molecule has 0 spiro atoms. The van der Waals surface area contributed by atoms with Crippen molar-refractivity contribution in [1.82, 2.24) is 4.72 Å². The van der Waals surface area contributed by atoms with E-state index < -0.39 is 10.0 Å². The van der Waals surface area contributed by atoms with Gasteiger partial charge in [0, 0.05) is 18.3 Å². The zero-order valence-corrected chi connectivity index (χ0v) is 18.6. The van der Waals surface area contributed by atoms with E-state index in [0.717, 1.165) is 18.5 Å². The third kappa shape index (κ3) is 4.57. The number of hydrogen-bond donors (Lipinski definition) is 1. The predicted octanol–water partition coefficient (Wildman–Crippen LogP) is 3.72. The highest BCUT2D eigenvalue weighted by atomic mass is 32.2. The van der Waals surface area contributed by atoms with Crippen LogP contribution in [0, 0.1) is 0 Å². The molecule has 0 aromatic heterocycles. The maximum atomic E-state index is 12.9. The fraction of sp³-hybridized carbons (Fsp3) is 0.348. The van der Waals surface area contributed by atoms with Crippen LogP contribution in [0.4, 0.5) is 5.69 Å². The van der Waals surface area contributed by atoms with Crippen LogP contribution in [0.5, 0.6) is 5.75 Å². The van der Waals surface area contributed by atoms with Crippen LogP contribution >= 0.6 is 0 Å². The summed E-state index contributed by atoms with van der Waals surface area (Å²) in [4.78, 5) is 14.7. The van der Waals surface area contributed by atoms with Gasteiger partial charge in [-0.2, -0.15) is 0 Å². The van der Waals surface area contributed by atoms with Gasteiger partial charge in [0.1, 0.15) is 10.6 Å². The van der Waals surface area contributed by atoms with Crippen molar-refractivity contribution >= 4 is 27.7 Å². The molecule has 1 amide bonds. The Bertz CT molecular complexity index is 1070. The van der Waals surface area contributed by atoms with Crippen LogP contribution in [-0.2, 0) is 21.2 Å². The summed E-state index contributed by atoms with van der Waals surface area (Å²) in [6.07, 6.45) is 5.00. The van der Waals surface area contributed by atoms with Gasteiger partial charge in [-0.25, -0.2) is 13.1 Å². The minimum absolute atomic E-state index is 0.0339. The van der Waals surface area contributed by atoms with Gasteiger partial charge >= 0.3 is 0 Å². The Kier molecular flexibility index (Phi) is 6.63. The van der Waals surface area contributed by atoms with Crippen molar-refractivity contribution in [2.75, 3.05) is 25.6 Å². The van der Waals surface area contributed by atoms with Gasteiger partial charge in [-0.1, -0.05) is 32.0 Å². The molecule has 0 unspecified atom stereocenters. The summed E-state index contributed by atoms with van der Waals surface area (Å²) >= 11 is 0. The number of nitrogens with zero attached hydrogens (tertiary/aromatic N) is 1. The molecule has 30 heavy (non-hydrogen) atoms. The van der Waals surface area contributed by atoms with E-state index in [2.05, 4.69) is 30.7 Å². The number of fused-ring (bicyclic) bond motifs is 1. The Morgan fingerprint density at radius 1 is 1.20 bits per heavy atom. The first-order valence-electron chi connectivity index (χ1n) is 10.0. The number of anilines is 1. The number of sulfonamides is 1. The summed E-state index contributed by atoms with van der Waals surface area (Å²) < 4.78 is 31.9. The number of benzene rings is 2. The average Bonchev–Trinajstić information content (AvgIpc) is 2.76. The number of hydrogen-bond acceptors (Lipinski definition) is 4. The van der Waals surface area contributed by atoms with Crippen LogP contribution < -0.4 is 14.4 Å². The molecule has 6 nitrogen and oxygen atoms in total. The van der Waals surface area contributed by atoms with Crippen LogP contribution in [0.3, 0.4) is 0 Å². The maximum Gasteiger partial charge on any atom is 0.250 e. The number of ether oxygens (including phenoxy) is 1. The molecule has 1 heterocycles. The largest absolute Gasteiger partial charge is 0.495 e. The molecule has 0 atom stereocenters. The molecule has 0 fully saturated rings. The minimum Gasteiger partial charge on any atom is -0.495 e. The third-order valence-electron chi connectivity index (χ3n) is 5.32. The molecule has 0 radical (unpaired) electrons. The van der Waals surface area contributed by atoms with E-state index in [1.54, 1.807) is 23.1 Å². The first-order valence-corrected chi connectivity index (χ1v) is 11.5. The zero-order valence-electron chi connectivity index (χ0n) is 17.8. The normalized spacial score (nSPS) is 14.2. The van der Waals surface area contributed by atoms with Crippen molar-refractivity contribution in [2.24, 2.45) is 0 Å². The Balaban J connectivity index is 1.86. The van der Waals surface area contributed by atoms with Crippen LogP contribution in [0.2, 0.25) is 0 Å². The number of amides is 1. The van der Waals surface area contributed by atoms with Gasteiger partial charge in [0.15, 0.2) is 0 Å². The van der Waals surface area contributed by atoms with Gasteiger partial charge in [0.2, 0.25) is 10.0 Å². The molecular formula is C23H28N2O4S. The number of methoxy groups -OCH3 is 1. The molecular weight excluding hydrogens is 400 g/mol. The molecule has 2 aromatic rings. The fourth-order valence-electron chi connectivity index (χ4n) is 3.58.